The van der Waals surface area contributed by atoms with E-state index in [0.717, 1.165) is 6.54 Å². The van der Waals surface area contributed by atoms with Crippen LogP contribution in [-0.4, -0.2) is 24.4 Å². The molecular formula is C15H23NO3. The Morgan fingerprint density at radius 3 is 2.47 bits per heavy atom. The Morgan fingerprint density at radius 2 is 1.89 bits per heavy atom. The summed E-state index contributed by atoms with van der Waals surface area (Å²) in [6.45, 7) is 8.62. The van der Waals surface area contributed by atoms with E-state index in [1.165, 1.54) is 5.56 Å². The minimum absolute atomic E-state index is 0.224. The highest BCUT2D eigenvalue weighted by atomic mass is 16.7. The van der Waals surface area contributed by atoms with Crippen LogP contribution in [0.1, 0.15) is 33.3 Å². The molecule has 19 heavy (non-hydrogen) atoms. The van der Waals surface area contributed by atoms with Gasteiger partial charge in [-0.3, -0.25) is 0 Å². The Balaban J connectivity index is 2.21. The van der Waals surface area contributed by atoms with Crippen LogP contribution >= 0.6 is 0 Å². The molecule has 0 fully saturated rings. The van der Waals surface area contributed by atoms with Crippen molar-refractivity contribution in [2.75, 3.05) is 6.54 Å². The van der Waals surface area contributed by atoms with Crippen molar-refractivity contribution in [1.29, 1.82) is 0 Å². The minimum atomic E-state index is -0.624. The fourth-order valence-corrected chi connectivity index (χ4v) is 1.50. The summed E-state index contributed by atoms with van der Waals surface area (Å²) in [5, 5.41) is 3.24. The number of carbonyl (C=O) groups excluding carboxylic acids is 1. The van der Waals surface area contributed by atoms with Crippen LogP contribution in [0.5, 0.6) is 0 Å². The number of ether oxygens (including phenoxy) is 2. The lowest BCUT2D eigenvalue weighted by atomic mass is 10.2. The maximum Gasteiger partial charge on any atom is 0.509 e. The first-order valence-electron chi connectivity index (χ1n) is 6.51. The third kappa shape index (κ3) is 7.47. The van der Waals surface area contributed by atoms with Crippen molar-refractivity contribution >= 4 is 6.16 Å². The Bertz CT molecular complexity index is 384. The zero-order chi connectivity index (χ0) is 14.3. The standard InChI is InChI=1S/C15H23NO3/c1-12(18-14(17)19-15(2,3)4)10-16-11-13-8-6-5-7-9-13/h5-9,12,16H,10-11H2,1-4H3. The van der Waals surface area contributed by atoms with E-state index in [2.05, 4.69) is 5.32 Å². The quantitative estimate of drug-likeness (QED) is 0.831. The molecule has 1 unspecified atom stereocenters. The van der Waals surface area contributed by atoms with Crippen molar-refractivity contribution in [2.45, 2.75) is 45.9 Å². The monoisotopic (exact) mass is 265 g/mol. The Morgan fingerprint density at radius 1 is 1.26 bits per heavy atom. The molecule has 1 aromatic rings. The smallest absolute Gasteiger partial charge is 0.430 e. The first-order valence-corrected chi connectivity index (χ1v) is 6.51. The molecule has 1 atom stereocenters. The number of hydrogen-bond acceptors (Lipinski definition) is 4. The van der Waals surface area contributed by atoms with Crippen molar-refractivity contribution in [3.05, 3.63) is 35.9 Å². The summed E-state index contributed by atoms with van der Waals surface area (Å²) in [7, 11) is 0. The number of carbonyl (C=O) groups is 1. The van der Waals surface area contributed by atoms with Gasteiger partial charge in [-0.25, -0.2) is 4.79 Å². The number of benzene rings is 1. The van der Waals surface area contributed by atoms with Crippen LogP contribution in [0.25, 0.3) is 0 Å². The summed E-state index contributed by atoms with van der Waals surface area (Å²) in [6, 6.07) is 10.1. The Labute approximate surface area is 115 Å². The van der Waals surface area contributed by atoms with Crippen LogP contribution in [-0.2, 0) is 16.0 Å². The Hall–Kier alpha value is -1.55. The highest BCUT2D eigenvalue weighted by Gasteiger charge is 2.19. The van der Waals surface area contributed by atoms with Crippen LogP contribution in [0.3, 0.4) is 0 Å². The molecule has 0 saturated heterocycles. The first kappa shape index (κ1) is 15.5. The molecule has 1 rings (SSSR count). The highest BCUT2D eigenvalue weighted by molar-refractivity contribution is 5.60. The van der Waals surface area contributed by atoms with Crippen molar-refractivity contribution in [3.63, 3.8) is 0 Å². The van der Waals surface area contributed by atoms with E-state index in [-0.39, 0.29) is 6.10 Å². The van der Waals surface area contributed by atoms with E-state index in [1.807, 2.05) is 58.0 Å². The molecule has 0 heterocycles. The van der Waals surface area contributed by atoms with Crippen LogP contribution in [0.4, 0.5) is 4.79 Å². The molecule has 0 aliphatic heterocycles. The second-order valence-electron chi connectivity index (χ2n) is 5.51. The average molecular weight is 265 g/mol. The lowest BCUT2D eigenvalue weighted by molar-refractivity contribution is -0.0229. The van der Waals surface area contributed by atoms with Crippen molar-refractivity contribution in [1.82, 2.24) is 5.32 Å². The van der Waals surface area contributed by atoms with Gasteiger partial charge in [0.05, 0.1) is 0 Å². The van der Waals surface area contributed by atoms with Gasteiger partial charge in [0.25, 0.3) is 0 Å². The SMILES string of the molecule is CC(CNCc1ccccc1)OC(=O)OC(C)(C)C. The maximum absolute atomic E-state index is 11.4. The molecule has 0 aliphatic carbocycles. The summed E-state index contributed by atoms with van der Waals surface area (Å²) in [5.74, 6) is 0. The predicted octanol–water partition coefficient (Wildman–Crippen LogP) is 3.12. The average Bonchev–Trinajstić information content (AvgIpc) is 2.27. The van der Waals surface area contributed by atoms with Gasteiger partial charge in [-0.15, -0.1) is 0 Å². The summed E-state index contributed by atoms with van der Waals surface area (Å²) >= 11 is 0. The molecule has 0 bridgehead atoms. The molecular weight excluding hydrogens is 242 g/mol. The van der Waals surface area contributed by atoms with E-state index >= 15 is 0 Å². The van der Waals surface area contributed by atoms with E-state index in [1.54, 1.807) is 0 Å². The molecule has 0 aliphatic rings. The van der Waals surface area contributed by atoms with Gasteiger partial charge in [-0.05, 0) is 33.3 Å². The van der Waals surface area contributed by atoms with Crippen LogP contribution in [0, 0.1) is 0 Å². The molecule has 1 N–H and O–H groups in total. The van der Waals surface area contributed by atoms with Gasteiger partial charge in [0, 0.05) is 13.1 Å². The molecule has 0 saturated carbocycles. The summed E-state index contributed by atoms with van der Waals surface area (Å²) in [6.07, 6.45) is -0.847. The largest absolute Gasteiger partial charge is 0.509 e. The van der Waals surface area contributed by atoms with Gasteiger partial charge in [0.2, 0.25) is 0 Å². The fourth-order valence-electron chi connectivity index (χ4n) is 1.50. The van der Waals surface area contributed by atoms with Gasteiger partial charge < -0.3 is 14.8 Å². The lowest BCUT2D eigenvalue weighted by Gasteiger charge is -2.21. The molecule has 1 aromatic carbocycles. The number of rotatable bonds is 5. The fraction of sp³-hybridized carbons (Fsp3) is 0.533. The molecule has 0 radical (unpaired) electrons. The Kier molecular flexibility index (Phi) is 5.83. The zero-order valence-corrected chi connectivity index (χ0v) is 12.1. The molecule has 0 amide bonds. The lowest BCUT2D eigenvalue weighted by Crippen LogP contribution is -2.31. The second-order valence-corrected chi connectivity index (χ2v) is 5.51. The zero-order valence-electron chi connectivity index (χ0n) is 12.1. The molecule has 0 spiro atoms. The van der Waals surface area contributed by atoms with Crippen molar-refractivity contribution < 1.29 is 14.3 Å². The third-order valence-corrected chi connectivity index (χ3v) is 2.29. The topological polar surface area (TPSA) is 47.6 Å². The van der Waals surface area contributed by atoms with E-state index in [9.17, 15) is 4.79 Å². The van der Waals surface area contributed by atoms with Gasteiger partial charge in [-0.1, -0.05) is 30.3 Å². The summed E-state index contributed by atoms with van der Waals surface area (Å²) in [5.41, 5.74) is 0.681. The highest BCUT2D eigenvalue weighted by Crippen LogP contribution is 2.09. The number of hydrogen-bond donors (Lipinski definition) is 1. The predicted molar refractivity (Wildman–Crippen MR) is 74.9 cm³/mol. The van der Waals surface area contributed by atoms with E-state index in [4.69, 9.17) is 9.47 Å². The first-order chi connectivity index (χ1) is 8.87. The van der Waals surface area contributed by atoms with Gasteiger partial charge in [-0.2, -0.15) is 0 Å². The maximum atomic E-state index is 11.4. The van der Waals surface area contributed by atoms with E-state index in [0.29, 0.717) is 6.54 Å². The summed E-state index contributed by atoms with van der Waals surface area (Å²) < 4.78 is 10.2. The van der Waals surface area contributed by atoms with Gasteiger partial charge in [0.1, 0.15) is 11.7 Å². The molecule has 4 heteroatoms. The molecule has 4 nitrogen and oxygen atoms in total. The second kappa shape index (κ2) is 7.14. The molecule has 106 valence electrons. The third-order valence-electron chi connectivity index (χ3n) is 2.29. The minimum Gasteiger partial charge on any atom is -0.430 e. The van der Waals surface area contributed by atoms with Crippen molar-refractivity contribution in [2.24, 2.45) is 0 Å². The normalized spacial score (nSPS) is 12.8. The van der Waals surface area contributed by atoms with Gasteiger partial charge in [0.15, 0.2) is 0 Å². The summed E-state index contributed by atoms with van der Waals surface area (Å²) in [4.78, 5) is 11.4. The van der Waals surface area contributed by atoms with Crippen LogP contribution < -0.4 is 5.32 Å². The van der Waals surface area contributed by atoms with Gasteiger partial charge >= 0.3 is 6.16 Å². The van der Waals surface area contributed by atoms with E-state index < -0.39 is 11.8 Å². The van der Waals surface area contributed by atoms with Crippen LogP contribution in [0.2, 0.25) is 0 Å². The molecule has 0 aromatic heterocycles. The number of nitrogens with one attached hydrogen (secondary N) is 1. The van der Waals surface area contributed by atoms with Crippen LogP contribution in [0.15, 0.2) is 30.3 Å². The van der Waals surface area contributed by atoms with Crippen molar-refractivity contribution in [3.8, 4) is 0 Å².